The number of aromatic nitrogens is 2. The second-order valence-electron chi connectivity index (χ2n) is 3.89. The van der Waals surface area contributed by atoms with Crippen molar-refractivity contribution in [2.45, 2.75) is 6.54 Å². The first-order chi connectivity index (χ1) is 9.15. The van der Waals surface area contributed by atoms with Gasteiger partial charge in [-0.05, 0) is 23.8 Å². The van der Waals surface area contributed by atoms with Gasteiger partial charge < -0.3 is 5.11 Å². The highest BCUT2D eigenvalue weighted by Gasteiger charge is 2.15. The Hall–Kier alpha value is -1.99. The molecule has 0 radical (unpaired) electrons. The van der Waals surface area contributed by atoms with Crippen molar-refractivity contribution < 1.29 is 9.90 Å². The van der Waals surface area contributed by atoms with E-state index >= 15 is 0 Å². The Bertz CT molecular complexity index is 801. The van der Waals surface area contributed by atoms with Crippen LogP contribution in [0.25, 0.3) is 9.53 Å². The first kappa shape index (κ1) is 12.1. The van der Waals surface area contributed by atoms with Crippen LogP contribution in [0, 0.1) is 0 Å². The maximum atomic E-state index is 11.9. The number of aromatic carboxylic acids is 1. The minimum absolute atomic E-state index is 0.0741. The van der Waals surface area contributed by atoms with E-state index in [9.17, 15) is 9.59 Å². The molecular weight excluding hydrogens is 284 g/mol. The summed E-state index contributed by atoms with van der Waals surface area (Å²) in [4.78, 5) is 27.7. The zero-order valence-corrected chi connectivity index (χ0v) is 11.2. The second kappa shape index (κ2) is 4.60. The fourth-order valence-electron chi connectivity index (χ4n) is 1.77. The number of thiophene rings is 1. The van der Waals surface area contributed by atoms with Crippen LogP contribution in [0.2, 0.25) is 0 Å². The molecule has 0 aliphatic heterocycles. The number of hydrogen-bond acceptors (Lipinski definition) is 5. The summed E-state index contributed by atoms with van der Waals surface area (Å²) >= 11 is 2.21. The van der Waals surface area contributed by atoms with Gasteiger partial charge in [-0.15, -0.1) is 11.3 Å². The average molecular weight is 292 g/mol. The first-order valence-electron chi connectivity index (χ1n) is 5.40. The number of carboxylic acids is 1. The van der Waals surface area contributed by atoms with E-state index in [0.717, 1.165) is 32.9 Å². The maximum absolute atomic E-state index is 11.9. The van der Waals surface area contributed by atoms with E-state index in [2.05, 4.69) is 4.98 Å². The van der Waals surface area contributed by atoms with E-state index in [0.29, 0.717) is 11.4 Å². The summed E-state index contributed by atoms with van der Waals surface area (Å²) in [6, 6.07) is 5.22. The number of fused-ring (bicyclic) bond motifs is 1. The van der Waals surface area contributed by atoms with Crippen molar-refractivity contribution in [3.8, 4) is 0 Å². The number of thiazole rings is 1. The van der Waals surface area contributed by atoms with E-state index in [1.54, 1.807) is 23.0 Å². The van der Waals surface area contributed by atoms with E-state index in [1.807, 2.05) is 12.1 Å². The molecule has 19 heavy (non-hydrogen) atoms. The molecule has 1 N–H and O–H groups in total. The molecule has 0 spiro atoms. The molecule has 0 unspecified atom stereocenters. The quantitative estimate of drug-likeness (QED) is 0.803. The van der Waals surface area contributed by atoms with Gasteiger partial charge in [0.05, 0.1) is 11.2 Å². The van der Waals surface area contributed by atoms with Gasteiger partial charge in [-0.3, -0.25) is 14.3 Å². The smallest absolute Gasteiger partial charge is 0.345 e. The van der Waals surface area contributed by atoms with E-state index in [1.165, 1.54) is 0 Å². The fraction of sp³-hybridized carbons (Fsp3) is 0.0833. The van der Waals surface area contributed by atoms with Gasteiger partial charge in [0.15, 0.2) is 0 Å². The van der Waals surface area contributed by atoms with Crippen molar-refractivity contribution in [3.05, 3.63) is 50.7 Å². The molecule has 3 heterocycles. The van der Waals surface area contributed by atoms with Crippen molar-refractivity contribution in [2.75, 3.05) is 0 Å². The van der Waals surface area contributed by atoms with Crippen LogP contribution in [-0.2, 0) is 6.54 Å². The Morgan fingerprint density at radius 1 is 1.32 bits per heavy atom. The minimum Gasteiger partial charge on any atom is -0.477 e. The molecule has 0 saturated heterocycles. The molecular formula is C12H8N2O3S2. The van der Waals surface area contributed by atoms with Crippen LogP contribution in [0.3, 0.4) is 0 Å². The zero-order chi connectivity index (χ0) is 13.4. The molecule has 0 amide bonds. The maximum Gasteiger partial charge on any atom is 0.345 e. The molecule has 0 aliphatic carbocycles. The summed E-state index contributed by atoms with van der Waals surface area (Å²) in [7, 11) is 0. The van der Waals surface area contributed by atoms with Gasteiger partial charge in [-0.1, -0.05) is 11.3 Å². The first-order valence-corrected chi connectivity index (χ1v) is 7.04. The SMILES string of the molecule is O=C(O)c1cc2sc(=O)n(Cc3ccncc3)c2s1. The summed E-state index contributed by atoms with van der Waals surface area (Å²) in [6.07, 6.45) is 3.34. The van der Waals surface area contributed by atoms with Gasteiger partial charge in [0.1, 0.15) is 9.71 Å². The monoisotopic (exact) mass is 292 g/mol. The van der Waals surface area contributed by atoms with Gasteiger partial charge >= 0.3 is 10.8 Å². The van der Waals surface area contributed by atoms with Crippen LogP contribution in [-0.4, -0.2) is 20.6 Å². The topological polar surface area (TPSA) is 72.2 Å². The van der Waals surface area contributed by atoms with Crippen LogP contribution >= 0.6 is 22.7 Å². The van der Waals surface area contributed by atoms with Crippen LogP contribution in [0.4, 0.5) is 0 Å². The number of carbonyl (C=O) groups is 1. The van der Waals surface area contributed by atoms with Gasteiger partial charge in [-0.2, -0.15) is 0 Å². The number of carboxylic acid groups (broad SMARTS) is 1. The minimum atomic E-state index is -0.962. The molecule has 0 aliphatic rings. The molecule has 0 fully saturated rings. The lowest BCUT2D eigenvalue weighted by Crippen LogP contribution is -2.13. The van der Waals surface area contributed by atoms with Crippen molar-refractivity contribution in [3.63, 3.8) is 0 Å². The summed E-state index contributed by atoms with van der Waals surface area (Å²) in [6.45, 7) is 0.431. The Labute approximate surface area is 115 Å². The van der Waals surface area contributed by atoms with E-state index in [4.69, 9.17) is 5.11 Å². The number of pyridine rings is 1. The Morgan fingerprint density at radius 3 is 2.74 bits per heavy atom. The van der Waals surface area contributed by atoms with Gasteiger partial charge in [0.2, 0.25) is 0 Å². The Morgan fingerprint density at radius 2 is 2.05 bits per heavy atom. The van der Waals surface area contributed by atoms with Crippen LogP contribution in [0.15, 0.2) is 35.4 Å². The highest BCUT2D eigenvalue weighted by atomic mass is 32.1. The standard InChI is InChI=1S/C12H8N2O3S2/c15-11(16)9-5-8-10(18-9)14(12(17)19-8)6-7-1-3-13-4-2-7/h1-5H,6H2,(H,15,16). The molecule has 0 bridgehead atoms. The molecule has 0 aromatic carbocycles. The summed E-state index contributed by atoms with van der Waals surface area (Å²) in [5.41, 5.74) is 0.960. The number of nitrogens with zero attached hydrogens (tertiary/aromatic N) is 2. The Balaban J connectivity index is 2.09. The van der Waals surface area contributed by atoms with Gasteiger partial charge in [-0.25, -0.2) is 4.79 Å². The largest absolute Gasteiger partial charge is 0.477 e. The van der Waals surface area contributed by atoms with Crippen LogP contribution in [0.1, 0.15) is 15.2 Å². The summed E-state index contributed by atoms with van der Waals surface area (Å²) in [5, 5.41) is 8.97. The average Bonchev–Trinajstić information content (AvgIpc) is 2.91. The third kappa shape index (κ3) is 2.18. The van der Waals surface area contributed by atoms with E-state index in [-0.39, 0.29) is 9.75 Å². The summed E-state index contributed by atoms with van der Waals surface area (Å²) in [5.74, 6) is -0.962. The molecule has 3 aromatic rings. The second-order valence-corrected chi connectivity index (χ2v) is 5.92. The lowest BCUT2D eigenvalue weighted by molar-refractivity contribution is 0.0702. The van der Waals surface area contributed by atoms with Crippen LogP contribution in [0.5, 0.6) is 0 Å². The molecule has 7 heteroatoms. The third-order valence-corrected chi connectivity index (χ3v) is 4.84. The Kier molecular flexibility index (Phi) is 2.92. The molecule has 5 nitrogen and oxygen atoms in total. The zero-order valence-electron chi connectivity index (χ0n) is 9.57. The predicted molar refractivity (Wildman–Crippen MR) is 74.3 cm³/mol. The van der Waals surface area contributed by atoms with Gasteiger partial charge in [0, 0.05) is 12.4 Å². The number of hydrogen-bond donors (Lipinski definition) is 1. The van der Waals surface area contributed by atoms with Crippen molar-refractivity contribution in [1.29, 1.82) is 0 Å². The van der Waals surface area contributed by atoms with Gasteiger partial charge in [0.25, 0.3) is 0 Å². The highest BCUT2D eigenvalue weighted by Crippen LogP contribution is 2.28. The van der Waals surface area contributed by atoms with E-state index < -0.39 is 5.97 Å². The van der Waals surface area contributed by atoms with Crippen molar-refractivity contribution in [2.24, 2.45) is 0 Å². The molecule has 3 aromatic heterocycles. The van der Waals surface area contributed by atoms with Crippen molar-refractivity contribution in [1.82, 2.24) is 9.55 Å². The lowest BCUT2D eigenvalue weighted by Gasteiger charge is -2.01. The third-order valence-electron chi connectivity index (χ3n) is 2.64. The molecule has 0 saturated carbocycles. The van der Waals surface area contributed by atoms with Crippen molar-refractivity contribution >= 4 is 38.2 Å². The lowest BCUT2D eigenvalue weighted by atomic mass is 10.3. The molecule has 3 rings (SSSR count). The molecule has 0 atom stereocenters. The number of rotatable bonds is 3. The molecule has 96 valence electrons. The fourth-order valence-corrected chi connectivity index (χ4v) is 3.87. The van der Waals surface area contributed by atoms with Crippen LogP contribution < -0.4 is 4.87 Å². The normalized spacial score (nSPS) is 10.9. The predicted octanol–water partition coefficient (Wildman–Crippen LogP) is 2.27. The summed E-state index contributed by atoms with van der Waals surface area (Å²) < 4.78 is 2.33. The highest BCUT2D eigenvalue weighted by molar-refractivity contribution is 7.27.